The van der Waals surface area contributed by atoms with Gasteiger partial charge in [-0.1, -0.05) is 12.1 Å². The van der Waals surface area contributed by atoms with Crippen LogP contribution in [0.1, 0.15) is 27.7 Å². The Morgan fingerprint density at radius 1 is 1.16 bits per heavy atom. The topological polar surface area (TPSA) is 112 Å². The molecule has 1 saturated heterocycles. The molecule has 9 nitrogen and oxygen atoms in total. The monoisotopic (exact) mass is 499 g/mol. The van der Waals surface area contributed by atoms with Gasteiger partial charge in [-0.2, -0.15) is 5.10 Å². The van der Waals surface area contributed by atoms with E-state index in [-0.39, 0.29) is 11.9 Å². The molecular formula is C28H33N7O2. The molecule has 0 saturated carbocycles. The Morgan fingerprint density at radius 2 is 1.97 bits per heavy atom. The minimum absolute atomic E-state index is 0.159. The van der Waals surface area contributed by atoms with E-state index in [0.717, 1.165) is 66.4 Å². The van der Waals surface area contributed by atoms with Gasteiger partial charge in [0.2, 0.25) is 0 Å². The van der Waals surface area contributed by atoms with Gasteiger partial charge >= 0.3 is 0 Å². The highest BCUT2D eigenvalue weighted by Crippen LogP contribution is 2.29. The lowest BCUT2D eigenvalue weighted by molar-refractivity contribution is 0.0351. The first-order chi connectivity index (χ1) is 17.9. The predicted molar refractivity (Wildman–Crippen MR) is 147 cm³/mol. The van der Waals surface area contributed by atoms with Crippen molar-refractivity contribution in [2.45, 2.75) is 13.0 Å². The Bertz CT molecular complexity index is 1410. The standard InChI is InChI=1S/C28H33N7O2/c1-18-7-8-20(30-28(36)19-5-4-6-21(15-19)34(2)3)16-23(18)25-10-9-22-26(32-33-27(22)31-25)24(29)17-35-11-13-37-14-12-35/h4-10,15-16,24H,11-14,17,29H2,1-3H3,(H,30,36)(H,31,32,33). The van der Waals surface area contributed by atoms with Gasteiger partial charge < -0.3 is 20.7 Å². The van der Waals surface area contributed by atoms with Crippen molar-refractivity contribution in [1.29, 1.82) is 0 Å². The highest BCUT2D eigenvalue weighted by Gasteiger charge is 2.20. The number of hydrogen-bond acceptors (Lipinski definition) is 7. The zero-order valence-corrected chi connectivity index (χ0v) is 21.5. The SMILES string of the molecule is Cc1ccc(NC(=O)c2cccc(N(C)C)c2)cc1-c1ccc2c(C(N)CN3CCOCC3)[nH]nc2n1. The number of aromatic amines is 1. The van der Waals surface area contributed by atoms with Crippen molar-refractivity contribution in [2.24, 2.45) is 5.73 Å². The van der Waals surface area contributed by atoms with E-state index in [1.54, 1.807) is 0 Å². The summed E-state index contributed by atoms with van der Waals surface area (Å²) < 4.78 is 5.43. The van der Waals surface area contributed by atoms with Crippen LogP contribution in [-0.2, 0) is 4.74 Å². The highest BCUT2D eigenvalue weighted by molar-refractivity contribution is 6.05. The summed E-state index contributed by atoms with van der Waals surface area (Å²) >= 11 is 0. The van der Waals surface area contributed by atoms with Crippen molar-refractivity contribution >= 4 is 28.3 Å². The first kappa shape index (κ1) is 24.9. The number of carbonyl (C=O) groups is 1. The zero-order chi connectivity index (χ0) is 25.9. The molecule has 3 heterocycles. The molecular weight excluding hydrogens is 466 g/mol. The molecule has 4 aromatic rings. The number of amides is 1. The van der Waals surface area contributed by atoms with Crippen molar-refractivity contribution in [1.82, 2.24) is 20.1 Å². The molecule has 1 amide bonds. The molecule has 9 heteroatoms. The number of benzene rings is 2. The van der Waals surface area contributed by atoms with Crippen LogP contribution < -0.4 is 16.0 Å². The molecule has 0 spiro atoms. The van der Waals surface area contributed by atoms with Crippen LogP contribution >= 0.6 is 0 Å². The molecule has 192 valence electrons. The third-order valence-corrected chi connectivity index (χ3v) is 6.77. The summed E-state index contributed by atoms with van der Waals surface area (Å²) in [6, 6.07) is 17.2. The van der Waals surface area contributed by atoms with E-state index < -0.39 is 0 Å². The second kappa shape index (κ2) is 10.7. The Balaban J connectivity index is 1.36. The number of aromatic nitrogens is 3. The second-order valence-electron chi connectivity index (χ2n) is 9.65. The van der Waals surface area contributed by atoms with Crippen LogP contribution in [0.3, 0.4) is 0 Å². The number of carbonyl (C=O) groups excluding carboxylic acids is 1. The number of nitrogens with one attached hydrogen (secondary N) is 2. The van der Waals surface area contributed by atoms with Crippen molar-refractivity contribution in [3.63, 3.8) is 0 Å². The summed E-state index contributed by atoms with van der Waals surface area (Å²) in [5.74, 6) is -0.159. The van der Waals surface area contributed by atoms with E-state index in [9.17, 15) is 4.79 Å². The molecule has 1 aliphatic heterocycles. The fourth-order valence-electron chi connectivity index (χ4n) is 4.61. The van der Waals surface area contributed by atoms with Crippen molar-refractivity contribution in [2.75, 3.05) is 57.2 Å². The Hall–Kier alpha value is -3.79. The molecule has 2 aromatic carbocycles. The number of anilines is 2. The number of aryl methyl sites for hydroxylation is 1. The van der Waals surface area contributed by atoms with E-state index in [1.807, 2.05) is 80.5 Å². The number of nitrogens with two attached hydrogens (primary N) is 1. The lowest BCUT2D eigenvalue weighted by atomic mass is 10.0. The summed E-state index contributed by atoms with van der Waals surface area (Å²) in [4.78, 5) is 22.0. The first-order valence-corrected chi connectivity index (χ1v) is 12.5. The maximum absolute atomic E-state index is 12.9. The van der Waals surface area contributed by atoms with Crippen LogP contribution in [0, 0.1) is 6.92 Å². The Morgan fingerprint density at radius 3 is 2.76 bits per heavy atom. The molecule has 0 bridgehead atoms. The first-order valence-electron chi connectivity index (χ1n) is 12.5. The summed E-state index contributed by atoms with van der Waals surface area (Å²) in [6.45, 7) is 6.01. The van der Waals surface area contributed by atoms with Gasteiger partial charge in [-0.3, -0.25) is 14.8 Å². The zero-order valence-electron chi connectivity index (χ0n) is 21.5. The highest BCUT2D eigenvalue weighted by atomic mass is 16.5. The Kier molecular flexibility index (Phi) is 7.18. The van der Waals surface area contributed by atoms with Crippen LogP contribution in [0.2, 0.25) is 0 Å². The number of rotatable bonds is 7. The number of hydrogen-bond donors (Lipinski definition) is 3. The van der Waals surface area contributed by atoms with Crippen LogP contribution in [0.5, 0.6) is 0 Å². The third-order valence-electron chi connectivity index (χ3n) is 6.77. The van der Waals surface area contributed by atoms with Crippen LogP contribution in [0.4, 0.5) is 11.4 Å². The number of morpholine rings is 1. The van der Waals surface area contributed by atoms with Gasteiger partial charge in [-0.25, -0.2) is 4.98 Å². The van der Waals surface area contributed by atoms with E-state index in [4.69, 9.17) is 15.5 Å². The minimum Gasteiger partial charge on any atom is -0.379 e. The van der Waals surface area contributed by atoms with Gasteiger partial charge in [-0.15, -0.1) is 0 Å². The van der Waals surface area contributed by atoms with Crippen LogP contribution in [-0.4, -0.2) is 72.9 Å². The van der Waals surface area contributed by atoms with Crippen molar-refractivity contribution in [3.8, 4) is 11.3 Å². The smallest absolute Gasteiger partial charge is 0.255 e. The van der Waals surface area contributed by atoms with Gasteiger partial charge in [0, 0.05) is 61.6 Å². The molecule has 1 fully saturated rings. The normalized spacial score (nSPS) is 15.0. The predicted octanol–water partition coefficient (Wildman–Crippen LogP) is 3.58. The average Bonchev–Trinajstić information content (AvgIpc) is 3.34. The maximum Gasteiger partial charge on any atom is 0.255 e. The number of pyridine rings is 1. The van der Waals surface area contributed by atoms with Gasteiger partial charge in [0.15, 0.2) is 5.65 Å². The number of H-pyrrole nitrogens is 1. The molecule has 1 atom stereocenters. The van der Waals surface area contributed by atoms with Gasteiger partial charge in [-0.05, 0) is 55.0 Å². The molecule has 5 rings (SSSR count). The summed E-state index contributed by atoms with van der Waals surface area (Å²) in [6.07, 6.45) is 0. The molecule has 0 radical (unpaired) electrons. The number of ether oxygens (including phenoxy) is 1. The minimum atomic E-state index is -0.193. The Labute approximate surface area is 216 Å². The molecule has 2 aromatic heterocycles. The molecule has 0 aliphatic carbocycles. The average molecular weight is 500 g/mol. The molecule has 1 aliphatic rings. The summed E-state index contributed by atoms with van der Waals surface area (Å²) in [5, 5.41) is 11.5. The number of fused-ring (bicyclic) bond motifs is 1. The van der Waals surface area contributed by atoms with Gasteiger partial charge in [0.25, 0.3) is 5.91 Å². The fourth-order valence-corrected chi connectivity index (χ4v) is 4.61. The maximum atomic E-state index is 12.9. The van der Waals surface area contributed by atoms with Crippen LogP contribution in [0.15, 0.2) is 54.6 Å². The van der Waals surface area contributed by atoms with E-state index in [0.29, 0.717) is 16.9 Å². The largest absolute Gasteiger partial charge is 0.379 e. The molecule has 37 heavy (non-hydrogen) atoms. The fraction of sp³-hybridized carbons (Fsp3) is 0.321. The van der Waals surface area contributed by atoms with Crippen LogP contribution in [0.25, 0.3) is 22.3 Å². The summed E-state index contributed by atoms with van der Waals surface area (Å²) in [5.41, 5.74) is 13.1. The van der Waals surface area contributed by atoms with E-state index >= 15 is 0 Å². The molecule has 1 unspecified atom stereocenters. The lowest BCUT2D eigenvalue weighted by Crippen LogP contribution is -2.40. The van der Waals surface area contributed by atoms with E-state index in [2.05, 4.69) is 20.4 Å². The second-order valence-corrected chi connectivity index (χ2v) is 9.65. The summed E-state index contributed by atoms with van der Waals surface area (Å²) in [7, 11) is 3.90. The molecule has 4 N–H and O–H groups in total. The van der Waals surface area contributed by atoms with Gasteiger partial charge in [0.05, 0.1) is 30.6 Å². The number of nitrogens with zero attached hydrogens (tertiary/aromatic N) is 4. The van der Waals surface area contributed by atoms with Crippen molar-refractivity contribution in [3.05, 3.63) is 71.4 Å². The lowest BCUT2D eigenvalue weighted by Gasteiger charge is -2.28. The van der Waals surface area contributed by atoms with E-state index in [1.165, 1.54) is 0 Å². The third kappa shape index (κ3) is 5.48. The van der Waals surface area contributed by atoms with Gasteiger partial charge in [0.1, 0.15) is 0 Å². The quantitative estimate of drug-likeness (QED) is 0.356. The van der Waals surface area contributed by atoms with Crippen molar-refractivity contribution < 1.29 is 9.53 Å².